The van der Waals surface area contributed by atoms with Crippen LogP contribution >= 0.6 is 0 Å². The zero-order valence-corrected chi connectivity index (χ0v) is 29.5. The third kappa shape index (κ3) is 4.91. The first-order valence-electron chi connectivity index (χ1n) is 17.5. The molecule has 1 aromatic carbocycles. The fourth-order valence-corrected chi connectivity index (χ4v) is 9.26. The molecule has 13 nitrogen and oxygen atoms in total. The minimum atomic E-state index is -1.60. The Bertz CT molecular complexity index is 1750. The van der Waals surface area contributed by atoms with Gasteiger partial charge in [0, 0.05) is 48.6 Å². The Kier molecular flexibility index (Phi) is 8.32. The van der Waals surface area contributed by atoms with Crippen LogP contribution in [0, 0.1) is 36.5 Å². The highest BCUT2D eigenvalue weighted by atomic mass is 17.3. The van der Waals surface area contributed by atoms with Crippen molar-refractivity contribution in [3.05, 3.63) is 28.5 Å². The smallest absolute Gasteiger partial charge is 0.308 e. The van der Waals surface area contributed by atoms with E-state index in [9.17, 15) is 29.4 Å². The van der Waals surface area contributed by atoms with Crippen molar-refractivity contribution in [2.24, 2.45) is 34.6 Å². The first kappa shape index (κ1) is 34.8. The molecule has 0 amide bonds. The molecule has 2 aliphatic carbocycles. The second-order valence-electron chi connectivity index (χ2n) is 15.3. The number of allylic oxidation sites excluding steroid dienone is 2. The van der Waals surface area contributed by atoms with Gasteiger partial charge in [0.25, 0.3) is 0 Å². The van der Waals surface area contributed by atoms with Gasteiger partial charge in [-0.15, -0.1) is 0 Å². The number of nitrogens with zero attached hydrogens (tertiary/aromatic N) is 1. The maximum atomic E-state index is 14.1. The van der Waals surface area contributed by atoms with Gasteiger partial charge in [-0.25, -0.2) is 9.78 Å². The third-order valence-corrected chi connectivity index (χ3v) is 12.2. The number of hydrogen-bond acceptors (Lipinski definition) is 13. The van der Waals surface area contributed by atoms with Crippen LogP contribution < -0.4 is 4.74 Å². The van der Waals surface area contributed by atoms with Gasteiger partial charge in [0.1, 0.15) is 39.9 Å². The molecule has 1 spiro atoms. The average molecular weight is 696 g/mol. The van der Waals surface area contributed by atoms with Crippen LogP contribution in [0.1, 0.15) is 102 Å². The van der Waals surface area contributed by atoms with Crippen LogP contribution in [0.15, 0.2) is 16.8 Å². The molecule has 2 bridgehead atoms. The van der Waals surface area contributed by atoms with Crippen LogP contribution in [0.25, 0.3) is 0 Å². The van der Waals surface area contributed by atoms with Crippen LogP contribution in [-0.2, 0) is 43.8 Å². The quantitative estimate of drug-likeness (QED) is 0.0987. The van der Waals surface area contributed by atoms with Gasteiger partial charge < -0.3 is 29.2 Å². The van der Waals surface area contributed by atoms with Crippen molar-refractivity contribution < 1.29 is 58.1 Å². The van der Waals surface area contributed by atoms with E-state index in [0.29, 0.717) is 18.8 Å². The van der Waals surface area contributed by atoms with E-state index in [-0.39, 0.29) is 70.4 Å². The predicted molar refractivity (Wildman–Crippen MR) is 174 cm³/mol. The van der Waals surface area contributed by atoms with E-state index < -0.39 is 64.4 Å². The average Bonchev–Trinajstić information content (AvgIpc) is 3.16. The number of aliphatic imine (C=N–C) groups is 1. The molecular weight excluding hydrogens is 650 g/mol. The second kappa shape index (κ2) is 12.0. The molecule has 1 saturated carbocycles. The van der Waals surface area contributed by atoms with E-state index in [0.717, 1.165) is 19.3 Å². The number of rotatable bonds is 7. The van der Waals surface area contributed by atoms with Crippen molar-refractivity contribution in [1.82, 2.24) is 0 Å². The van der Waals surface area contributed by atoms with E-state index in [1.807, 2.05) is 13.8 Å². The highest BCUT2D eigenvalue weighted by molar-refractivity contribution is 6.29. The Labute approximate surface area is 290 Å². The predicted octanol–water partition coefficient (Wildman–Crippen LogP) is 4.90. The Morgan fingerprint density at radius 2 is 1.78 bits per heavy atom. The lowest BCUT2D eigenvalue weighted by molar-refractivity contribution is -0.576. The number of benzene rings is 1. The summed E-state index contributed by atoms with van der Waals surface area (Å²) in [6, 6.07) is 0. The molecule has 5 aliphatic heterocycles. The third-order valence-electron chi connectivity index (χ3n) is 12.2. The van der Waals surface area contributed by atoms with Gasteiger partial charge in [0.2, 0.25) is 12.1 Å². The fraction of sp³-hybridized carbons (Fsp3) is 0.649. The van der Waals surface area contributed by atoms with Crippen molar-refractivity contribution in [3.63, 3.8) is 0 Å². The van der Waals surface area contributed by atoms with E-state index in [1.54, 1.807) is 6.92 Å². The number of phenols is 2. The van der Waals surface area contributed by atoms with Gasteiger partial charge >= 0.3 is 5.97 Å². The molecule has 2 N–H and O–H groups in total. The van der Waals surface area contributed by atoms with Crippen molar-refractivity contribution in [3.8, 4) is 17.2 Å². The van der Waals surface area contributed by atoms with Gasteiger partial charge in [-0.3, -0.25) is 24.2 Å². The molecule has 13 heteroatoms. The van der Waals surface area contributed by atoms with Crippen molar-refractivity contribution in [1.29, 1.82) is 0 Å². The summed E-state index contributed by atoms with van der Waals surface area (Å²) >= 11 is 0. The number of ketones is 3. The van der Waals surface area contributed by atoms with Gasteiger partial charge in [0.05, 0.1) is 5.56 Å². The molecule has 7 aliphatic rings. The normalized spacial score (nSPS) is 38.7. The molecule has 0 aromatic heterocycles. The van der Waals surface area contributed by atoms with Gasteiger partial charge in [0.15, 0.2) is 29.2 Å². The zero-order chi connectivity index (χ0) is 36.1. The maximum absolute atomic E-state index is 14.1. The Morgan fingerprint density at radius 1 is 1.04 bits per heavy atom. The summed E-state index contributed by atoms with van der Waals surface area (Å²) in [6.07, 6.45) is 3.43. The number of Topliss-reactive ketones (excluding diaryl/α,β-unsaturated/α-hetero) is 2. The number of carbonyl (C=O) groups excluding carboxylic acids is 4. The van der Waals surface area contributed by atoms with Gasteiger partial charge in [-0.2, -0.15) is 0 Å². The van der Waals surface area contributed by atoms with Gasteiger partial charge in [-0.05, 0) is 72.1 Å². The van der Waals surface area contributed by atoms with Crippen molar-refractivity contribution in [2.75, 3.05) is 6.54 Å². The highest BCUT2D eigenvalue weighted by Crippen LogP contribution is 2.61. The molecule has 10 atom stereocenters. The molecule has 5 fully saturated rings. The van der Waals surface area contributed by atoms with E-state index in [2.05, 4.69) is 11.9 Å². The summed E-state index contributed by atoms with van der Waals surface area (Å²) in [7, 11) is 0. The number of carbonyl (C=O) groups is 4. The van der Waals surface area contributed by atoms with Crippen molar-refractivity contribution in [2.45, 2.75) is 116 Å². The Morgan fingerprint density at radius 3 is 2.50 bits per heavy atom. The first-order valence-corrected chi connectivity index (χ1v) is 17.5. The lowest BCUT2D eigenvalue weighted by atomic mass is 9.58. The molecule has 7 unspecified atom stereocenters. The van der Waals surface area contributed by atoms with E-state index >= 15 is 0 Å². The summed E-state index contributed by atoms with van der Waals surface area (Å²) < 4.78 is 24.4. The summed E-state index contributed by atoms with van der Waals surface area (Å²) in [6.45, 7) is 12.0. The van der Waals surface area contributed by atoms with Crippen LogP contribution in [0.3, 0.4) is 0 Å². The van der Waals surface area contributed by atoms with Crippen LogP contribution in [0.2, 0.25) is 0 Å². The molecule has 4 saturated heterocycles. The number of fused-ring (bicyclic) bond motifs is 5. The lowest BCUT2D eigenvalue weighted by Gasteiger charge is -2.59. The monoisotopic (exact) mass is 695 g/mol. The molecule has 8 rings (SSSR count). The van der Waals surface area contributed by atoms with Gasteiger partial charge in [-0.1, -0.05) is 13.8 Å². The van der Waals surface area contributed by atoms with E-state index in [1.165, 1.54) is 26.8 Å². The van der Waals surface area contributed by atoms with Crippen LogP contribution in [0.4, 0.5) is 0 Å². The molecule has 1 aromatic rings. The largest absolute Gasteiger partial charge is 0.507 e. The SMILES string of the molecule is CC(=O)c1c(O)c(C)c(O)c2c1OC1=CC(=O)C(C(C)=NCCCC(=O)OC3OC4OC5(C)CCC6[C@H](C)CCC([C@H]3C)C46OO5)C(=O)[C@@]12C. The molecule has 50 heavy (non-hydrogen) atoms. The van der Waals surface area contributed by atoms with Crippen LogP contribution in [-0.4, -0.2) is 69.8 Å². The number of phenolic OH excluding ortho intramolecular Hbond substituents is 2. The number of ether oxygens (including phenoxy) is 4. The summed E-state index contributed by atoms with van der Waals surface area (Å²) in [5.41, 5.74) is -2.23. The number of esters is 1. The summed E-state index contributed by atoms with van der Waals surface area (Å²) in [5, 5.41) is 21.6. The Balaban J connectivity index is 1.02. The molecular formula is C37H45NO12. The van der Waals surface area contributed by atoms with Crippen LogP contribution in [0.5, 0.6) is 17.2 Å². The number of hydrogen-bond donors (Lipinski definition) is 2. The lowest BCUT2D eigenvalue weighted by Crippen LogP contribution is -2.70. The highest BCUT2D eigenvalue weighted by Gasteiger charge is 2.70. The van der Waals surface area contributed by atoms with Crippen molar-refractivity contribution >= 4 is 29.0 Å². The number of aromatic hydroxyl groups is 2. The Hall–Kier alpha value is -3.65. The fourth-order valence-electron chi connectivity index (χ4n) is 9.26. The van der Waals surface area contributed by atoms with E-state index in [4.69, 9.17) is 28.7 Å². The zero-order valence-electron chi connectivity index (χ0n) is 29.5. The minimum Gasteiger partial charge on any atom is -0.507 e. The summed E-state index contributed by atoms with van der Waals surface area (Å²) in [5.74, 6) is -4.88. The topological polar surface area (TPSA) is 176 Å². The molecule has 270 valence electrons. The molecule has 5 heterocycles. The molecule has 0 radical (unpaired) electrons. The standard InChI is InChI=1S/C37H45NO12/c1-16-10-11-22-17(2)33(47-34-37(22)21(16)12-13-35(6,48-34)49-50-37)46-25(41)9-8-14-38-19(4)26-23(40)15-24-36(7,32(26)44)28-30(43)18(3)29(42)27(20(5)39)31(28)45-24/h15-17,21-22,26,33-34,42-43H,8-14H2,1-7H3/t16-,17-,21?,22?,26?,33?,34?,35?,36+,37?/m1/s1. The minimum absolute atomic E-state index is 0.0138. The second-order valence-corrected chi connectivity index (χ2v) is 15.3. The maximum Gasteiger partial charge on any atom is 0.308 e. The first-order chi connectivity index (χ1) is 23.5. The summed E-state index contributed by atoms with van der Waals surface area (Å²) in [4.78, 5) is 69.3.